The van der Waals surface area contributed by atoms with Crippen molar-refractivity contribution in [1.29, 1.82) is 0 Å². The average molecular weight is 591 g/mol. The number of allylic oxidation sites excluding steroid dienone is 2. The molecule has 5 N–H and O–H groups in total. The van der Waals surface area contributed by atoms with Crippen molar-refractivity contribution in [1.82, 2.24) is 0 Å². The first-order chi connectivity index (χ1) is 19.4. The van der Waals surface area contributed by atoms with Crippen LogP contribution in [0.3, 0.4) is 0 Å². The maximum absolute atomic E-state index is 12.9. The zero-order chi connectivity index (χ0) is 31.3. The van der Waals surface area contributed by atoms with Gasteiger partial charge >= 0.3 is 5.97 Å². The van der Waals surface area contributed by atoms with Crippen molar-refractivity contribution in [2.45, 2.75) is 131 Å². The molecule has 0 amide bonds. The highest BCUT2D eigenvalue weighted by Gasteiger charge is 2.72. The smallest absolute Gasteiger partial charge is 0.309 e. The van der Waals surface area contributed by atoms with Gasteiger partial charge in [-0.25, -0.2) is 0 Å². The Balaban J connectivity index is 1.57. The molecular weight excluding hydrogens is 532 g/mol. The first kappa shape index (κ1) is 32.4. The molecule has 13 atom stereocenters. The van der Waals surface area contributed by atoms with E-state index in [2.05, 4.69) is 33.8 Å². The van der Waals surface area contributed by atoms with Gasteiger partial charge in [0.2, 0.25) is 0 Å². The summed E-state index contributed by atoms with van der Waals surface area (Å²) in [5.41, 5.74) is -1.62. The minimum Gasteiger partial charge on any atom is -0.459 e. The molecule has 7 nitrogen and oxygen atoms in total. The largest absolute Gasteiger partial charge is 0.459 e. The Morgan fingerprint density at radius 3 is 2.21 bits per heavy atom. The maximum Gasteiger partial charge on any atom is 0.309 e. The van der Waals surface area contributed by atoms with Gasteiger partial charge in [0, 0.05) is 10.8 Å². The minimum atomic E-state index is -1.21. The second-order valence-corrected chi connectivity index (χ2v) is 16.9. The fourth-order valence-corrected chi connectivity index (χ4v) is 11.5. The van der Waals surface area contributed by atoms with Crippen LogP contribution in [0.2, 0.25) is 0 Å². The van der Waals surface area contributed by atoms with Crippen LogP contribution in [0.4, 0.5) is 0 Å². The first-order valence-corrected chi connectivity index (χ1v) is 16.6. The Morgan fingerprint density at radius 1 is 0.952 bits per heavy atom. The number of carbonyl (C=O) groups excluding carboxylic acids is 1. The summed E-state index contributed by atoms with van der Waals surface area (Å²) in [6.45, 7) is 16.6. The predicted molar refractivity (Wildman–Crippen MR) is 161 cm³/mol. The summed E-state index contributed by atoms with van der Waals surface area (Å²) >= 11 is 0. The second kappa shape index (κ2) is 10.3. The van der Waals surface area contributed by atoms with E-state index in [1.807, 2.05) is 27.7 Å². The van der Waals surface area contributed by atoms with Gasteiger partial charge in [-0.05, 0) is 85.4 Å². The molecule has 4 saturated carbocycles. The highest BCUT2D eigenvalue weighted by molar-refractivity contribution is 5.72. The van der Waals surface area contributed by atoms with Gasteiger partial charge in [-0.1, -0.05) is 67.0 Å². The van der Waals surface area contributed by atoms with Crippen LogP contribution in [0.25, 0.3) is 0 Å². The molecule has 0 unspecified atom stereocenters. The molecule has 0 saturated heterocycles. The van der Waals surface area contributed by atoms with Gasteiger partial charge in [0.1, 0.15) is 12.2 Å². The lowest BCUT2D eigenvalue weighted by Crippen LogP contribution is -2.72. The molecule has 0 aromatic rings. The molecule has 5 aliphatic carbocycles. The monoisotopic (exact) mass is 590 g/mol. The van der Waals surface area contributed by atoms with E-state index in [4.69, 9.17) is 4.74 Å². The number of aliphatic hydroxyl groups excluding tert-OH is 5. The molecule has 0 aliphatic heterocycles. The molecule has 5 rings (SSSR count). The van der Waals surface area contributed by atoms with Crippen molar-refractivity contribution in [2.24, 2.45) is 56.2 Å². The van der Waals surface area contributed by atoms with E-state index in [1.54, 1.807) is 0 Å². The molecule has 5 aliphatic rings. The number of ether oxygens (including phenoxy) is 1. The van der Waals surface area contributed by atoms with E-state index < -0.39 is 40.7 Å². The zero-order valence-electron chi connectivity index (χ0n) is 27.3. The molecule has 4 fully saturated rings. The van der Waals surface area contributed by atoms with Crippen LogP contribution in [-0.4, -0.2) is 69.1 Å². The molecule has 0 aromatic carbocycles. The molecule has 0 heterocycles. The van der Waals surface area contributed by atoms with Crippen LogP contribution >= 0.6 is 0 Å². The normalized spacial score (nSPS) is 52.1. The van der Waals surface area contributed by atoms with Gasteiger partial charge in [0.15, 0.2) is 0 Å². The van der Waals surface area contributed by atoms with Crippen LogP contribution in [0.5, 0.6) is 0 Å². The van der Waals surface area contributed by atoms with Crippen molar-refractivity contribution in [3.05, 3.63) is 11.6 Å². The van der Waals surface area contributed by atoms with E-state index in [9.17, 15) is 30.3 Å². The average Bonchev–Trinajstić information content (AvgIpc) is 2.93. The first-order valence-electron chi connectivity index (χ1n) is 16.6. The third-order valence-corrected chi connectivity index (χ3v) is 14.8. The summed E-state index contributed by atoms with van der Waals surface area (Å²) in [5, 5.41) is 56.7. The maximum atomic E-state index is 12.9. The van der Waals surface area contributed by atoms with Crippen LogP contribution in [-0.2, 0) is 9.53 Å². The Hall–Kier alpha value is -0.990. The van der Waals surface area contributed by atoms with E-state index in [-0.39, 0.29) is 53.2 Å². The van der Waals surface area contributed by atoms with Gasteiger partial charge in [-0.2, -0.15) is 0 Å². The highest BCUT2D eigenvalue weighted by Crippen LogP contribution is 2.75. The van der Waals surface area contributed by atoms with Crippen LogP contribution < -0.4 is 0 Å². The lowest BCUT2D eigenvalue weighted by molar-refractivity contribution is -0.263. The molecular formula is C35H58O7. The molecule has 0 aromatic heterocycles. The Morgan fingerprint density at radius 2 is 1.62 bits per heavy atom. The standard InChI is InChI=1S/C35H58O7/c1-9-20(2)29(41)42-28-27(40)35(19-37)22(16-30(28,3)4)21-10-11-24-31(5)14-13-25(38)32(6,18-36)23(31)12-15-33(24,7)34(21,8)17-26(35)39/h10,20,22-28,36-40H,9,11-19H2,1-8H3/t20-,22+,23+,24-,25+,26-,27+,28+,31+,32+,33-,34-,35+/m1/s1. The SMILES string of the molecule is CC[C@@H](C)C(=O)O[C@H]1[C@H](O)[C@]2(CO)[C@H](O)C[C@]3(C)C(=CC[C@@H]4[C@@]5(C)CC[C@H](O)[C@@](C)(CO)[C@H]5CC[C@]43C)[C@@H]2CC1(C)C. The van der Waals surface area contributed by atoms with Gasteiger partial charge in [-0.15, -0.1) is 0 Å². The highest BCUT2D eigenvalue weighted by atomic mass is 16.6. The lowest BCUT2D eigenvalue weighted by atomic mass is 9.33. The topological polar surface area (TPSA) is 127 Å². The van der Waals surface area contributed by atoms with Gasteiger partial charge in [0.25, 0.3) is 0 Å². The van der Waals surface area contributed by atoms with E-state index in [1.165, 1.54) is 5.57 Å². The van der Waals surface area contributed by atoms with E-state index >= 15 is 0 Å². The Kier molecular flexibility index (Phi) is 7.92. The number of carbonyl (C=O) groups is 1. The van der Waals surface area contributed by atoms with Gasteiger partial charge in [0.05, 0.1) is 36.8 Å². The summed E-state index contributed by atoms with van der Waals surface area (Å²) in [6, 6.07) is 0. The van der Waals surface area contributed by atoms with Crippen molar-refractivity contribution in [3.8, 4) is 0 Å². The zero-order valence-corrected chi connectivity index (χ0v) is 27.3. The summed E-state index contributed by atoms with van der Waals surface area (Å²) < 4.78 is 6.00. The Bertz CT molecular complexity index is 1100. The number of rotatable bonds is 5. The van der Waals surface area contributed by atoms with Crippen molar-refractivity contribution >= 4 is 5.97 Å². The van der Waals surface area contributed by atoms with Crippen LogP contribution in [0.15, 0.2) is 11.6 Å². The van der Waals surface area contributed by atoms with Crippen LogP contribution in [0.1, 0.15) is 107 Å². The van der Waals surface area contributed by atoms with E-state index in [0.29, 0.717) is 31.6 Å². The quantitative estimate of drug-likeness (QED) is 0.234. The summed E-state index contributed by atoms with van der Waals surface area (Å²) in [7, 11) is 0. The molecule has 0 radical (unpaired) electrons. The molecule has 7 heteroatoms. The third kappa shape index (κ3) is 3.98. The predicted octanol–water partition coefficient (Wildman–Crippen LogP) is 4.62. The summed E-state index contributed by atoms with van der Waals surface area (Å²) in [6.07, 6.45) is 4.82. The number of esters is 1. The minimum absolute atomic E-state index is 0.0221. The van der Waals surface area contributed by atoms with Gasteiger partial charge in [-0.3, -0.25) is 4.79 Å². The van der Waals surface area contributed by atoms with Crippen molar-refractivity contribution < 1.29 is 35.1 Å². The third-order valence-electron chi connectivity index (χ3n) is 14.8. The second-order valence-electron chi connectivity index (χ2n) is 16.9. The number of aliphatic hydroxyl groups is 5. The number of hydrogen-bond acceptors (Lipinski definition) is 7. The number of fused-ring (bicyclic) bond motifs is 7. The van der Waals surface area contributed by atoms with Crippen molar-refractivity contribution in [2.75, 3.05) is 13.2 Å². The lowest BCUT2D eigenvalue weighted by Gasteiger charge is -2.72. The fourth-order valence-electron chi connectivity index (χ4n) is 11.5. The summed E-state index contributed by atoms with van der Waals surface area (Å²) in [4.78, 5) is 12.9. The molecule has 240 valence electrons. The molecule has 42 heavy (non-hydrogen) atoms. The number of hydrogen-bond donors (Lipinski definition) is 5. The molecule has 0 spiro atoms. The fraction of sp³-hybridized carbons (Fsp3) is 0.914. The van der Waals surface area contributed by atoms with Gasteiger partial charge < -0.3 is 30.3 Å². The Labute approximate surface area is 253 Å². The molecule has 0 bridgehead atoms. The summed E-state index contributed by atoms with van der Waals surface area (Å²) in [5.74, 6) is -0.370. The van der Waals surface area contributed by atoms with Crippen LogP contribution in [0, 0.1) is 56.2 Å². The van der Waals surface area contributed by atoms with E-state index in [0.717, 1.165) is 25.7 Å². The van der Waals surface area contributed by atoms with Crippen molar-refractivity contribution in [3.63, 3.8) is 0 Å².